The van der Waals surface area contributed by atoms with Crippen LogP contribution in [0.5, 0.6) is 0 Å². The van der Waals surface area contributed by atoms with E-state index in [4.69, 9.17) is 16.3 Å². The van der Waals surface area contributed by atoms with Crippen molar-refractivity contribution >= 4 is 28.7 Å². The van der Waals surface area contributed by atoms with Crippen molar-refractivity contribution in [3.8, 4) is 0 Å². The minimum Gasteiger partial charge on any atom is -0.444 e. The molecule has 3 rings (SSSR count). The molecule has 0 saturated carbocycles. The van der Waals surface area contributed by atoms with E-state index in [1.54, 1.807) is 4.90 Å². The Morgan fingerprint density at radius 2 is 2.00 bits per heavy atom. The van der Waals surface area contributed by atoms with Crippen LogP contribution in [0.2, 0.25) is 5.15 Å². The van der Waals surface area contributed by atoms with Gasteiger partial charge in [-0.25, -0.2) is 14.8 Å². The quantitative estimate of drug-likeness (QED) is 0.754. The summed E-state index contributed by atoms with van der Waals surface area (Å²) in [5, 5.41) is 1.43. The van der Waals surface area contributed by atoms with E-state index in [1.165, 1.54) is 6.33 Å². The van der Waals surface area contributed by atoms with Gasteiger partial charge in [0.25, 0.3) is 0 Å². The molecule has 0 N–H and O–H groups in total. The zero-order chi connectivity index (χ0) is 18.2. The highest BCUT2D eigenvalue weighted by Crippen LogP contribution is 2.27. The Labute approximate surface area is 153 Å². The lowest BCUT2D eigenvalue weighted by Gasteiger charge is -2.33. The molecule has 0 aliphatic carbocycles. The summed E-state index contributed by atoms with van der Waals surface area (Å²) in [6.45, 7) is 10.0. The molecule has 1 aliphatic heterocycles. The molecule has 2 aromatic rings. The second-order valence-electron chi connectivity index (χ2n) is 7.74. The van der Waals surface area contributed by atoms with Gasteiger partial charge in [0.1, 0.15) is 22.7 Å². The molecule has 3 heterocycles. The molecule has 7 heteroatoms. The topological polar surface area (TPSA) is 60.2 Å². The van der Waals surface area contributed by atoms with Gasteiger partial charge in [0.05, 0.1) is 5.39 Å². The second kappa shape index (κ2) is 6.83. The number of aromatic nitrogens is 3. The van der Waals surface area contributed by atoms with Gasteiger partial charge in [-0.05, 0) is 52.0 Å². The summed E-state index contributed by atoms with van der Waals surface area (Å²) in [5.41, 5.74) is 1.52. The van der Waals surface area contributed by atoms with E-state index >= 15 is 0 Å². The number of carbonyl (C=O) groups is 1. The van der Waals surface area contributed by atoms with Crippen molar-refractivity contribution in [1.29, 1.82) is 0 Å². The van der Waals surface area contributed by atoms with Crippen LogP contribution in [0.1, 0.15) is 39.2 Å². The third-order valence-electron chi connectivity index (χ3n) is 4.52. The first kappa shape index (κ1) is 18.0. The molecule has 25 heavy (non-hydrogen) atoms. The molecule has 1 aliphatic rings. The van der Waals surface area contributed by atoms with Gasteiger partial charge in [-0.2, -0.15) is 0 Å². The highest BCUT2D eigenvalue weighted by Gasteiger charge is 2.27. The predicted molar refractivity (Wildman–Crippen MR) is 97.8 cm³/mol. The summed E-state index contributed by atoms with van der Waals surface area (Å²) in [6, 6.07) is 0. The second-order valence-corrected chi connectivity index (χ2v) is 8.10. The molecule has 2 aromatic heterocycles. The molecule has 0 atom stereocenters. The number of hydrogen-bond donors (Lipinski definition) is 0. The fraction of sp³-hybridized carbons (Fsp3) is 0.611. The van der Waals surface area contributed by atoms with E-state index in [0.29, 0.717) is 11.1 Å². The molecule has 136 valence electrons. The van der Waals surface area contributed by atoms with Crippen molar-refractivity contribution in [3.63, 3.8) is 0 Å². The number of nitrogens with zero attached hydrogens (tertiary/aromatic N) is 4. The van der Waals surface area contributed by atoms with Crippen molar-refractivity contribution in [3.05, 3.63) is 23.2 Å². The van der Waals surface area contributed by atoms with Gasteiger partial charge >= 0.3 is 6.09 Å². The van der Waals surface area contributed by atoms with Crippen LogP contribution in [0.4, 0.5) is 4.79 Å². The van der Waals surface area contributed by atoms with E-state index in [1.807, 2.05) is 27.7 Å². The van der Waals surface area contributed by atoms with Crippen molar-refractivity contribution < 1.29 is 9.53 Å². The number of carbonyl (C=O) groups excluding carboxylic acids is 1. The number of piperidine rings is 1. The van der Waals surface area contributed by atoms with E-state index in [9.17, 15) is 4.79 Å². The fourth-order valence-corrected chi connectivity index (χ4v) is 3.59. The number of fused-ring (bicyclic) bond motifs is 1. The summed E-state index contributed by atoms with van der Waals surface area (Å²) in [7, 11) is 0. The van der Waals surface area contributed by atoms with Gasteiger partial charge in [-0.1, -0.05) is 11.6 Å². The van der Waals surface area contributed by atoms with Crippen LogP contribution in [0.15, 0.2) is 12.5 Å². The van der Waals surface area contributed by atoms with Crippen molar-refractivity contribution in [2.45, 2.75) is 52.7 Å². The number of hydrogen-bond acceptors (Lipinski definition) is 4. The van der Waals surface area contributed by atoms with Crippen LogP contribution in [-0.2, 0) is 11.3 Å². The highest BCUT2D eigenvalue weighted by molar-refractivity contribution is 6.34. The van der Waals surface area contributed by atoms with Gasteiger partial charge in [0, 0.05) is 25.8 Å². The maximum absolute atomic E-state index is 12.2. The Morgan fingerprint density at radius 3 is 2.64 bits per heavy atom. The lowest BCUT2D eigenvalue weighted by molar-refractivity contribution is 0.0178. The molecular weight excluding hydrogens is 340 g/mol. The van der Waals surface area contributed by atoms with Crippen molar-refractivity contribution in [2.75, 3.05) is 13.1 Å². The molecule has 0 unspecified atom stereocenters. The standard InChI is InChI=1S/C18H25ClN4O2/c1-12-9-23(16-14(12)15(19)20-11-21-16)10-13-5-7-22(8-6-13)17(24)25-18(2,3)4/h9,11,13H,5-8,10H2,1-4H3. The fourth-order valence-electron chi connectivity index (χ4n) is 3.31. The maximum atomic E-state index is 12.2. The summed E-state index contributed by atoms with van der Waals surface area (Å²) in [5.74, 6) is 0.502. The third-order valence-corrected chi connectivity index (χ3v) is 4.80. The number of rotatable bonds is 2. The van der Waals surface area contributed by atoms with E-state index in [2.05, 4.69) is 20.7 Å². The lowest BCUT2D eigenvalue weighted by atomic mass is 9.97. The van der Waals surface area contributed by atoms with Crippen LogP contribution < -0.4 is 0 Å². The van der Waals surface area contributed by atoms with Crippen LogP contribution in [-0.4, -0.2) is 44.2 Å². The Balaban J connectivity index is 1.64. The summed E-state index contributed by atoms with van der Waals surface area (Å²) in [4.78, 5) is 22.4. The van der Waals surface area contributed by atoms with Gasteiger partial charge in [-0.15, -0.1) is 0 Å². The van der Waals surface area contributed by atoms with Crippen LogP contribution in [0.25, 0.3) is 11.0 Å². The van der Waals surface area contributed by atoms with Crippen molar-refractivity contribution in [1.82, 2.24) is 19.4 Å². The Morgan fingerprint density at radius 1 is 1.32 bits per heavy atom. The SMILES string of the molecule is Cc1cn(CC2CCN(C(=O)OC(C)(C)C)CC2)c2ncnc(Cl)c12. The zero-order valence-corrected chi connectivity index (χ0v) is 16.0. The number of halogens is 1. The molecule has 1 amide bonds. The molecule has 1 fully saturated rings. The molecule has 1 saturated heterocycles. The number of amides is 1. The van der Waals surface area contributed by atoms with Crippen LogP contribution >= 0.6 is 11.6 Å². The Bertz CT molecular complexity index is 773. The normalized spacial score (nSPS) is 16.4. The van der Waals surface area contributed by atoms with E-state index < -0.39 is 5.60 Å². The molecule has 0 bridgehead atoms. The zero-order valence-electron chi connectivity index (χ0n) is 15.3. The van der Waals surface area contributed by atoms with Gasteiger partial charge < -0.3 is 14.2 Å². The first-order valence-electron chi connectivity index (χ1n) is 8.68. The van der Waals surface area contributed by atoms with E-state index in [-0.39, 0.29) is 6.09 Å². The highest BCUT2D eigenvalue weighted by atomic mass is 35.5. The smallest absolute Gasteiger partial charge is 0.410 e. The van der Waals surface area contributed by atoms with Crippen LogP contribution in [0, 0.1) is 12.8 Å². The average Bonchev–Trinajstić information content (AvgIpc) is 2.84. The van der Waals surface area contributed by atoms with Gasteiger partial charge in [0.15, 0.2) is 0 Å². The molecule has 6 nitrogen and oxygen atoms in total. The number of likely N-dealkylation sites (tertiary alicyclic amines) is 1. The number of aryl methyl sites for hydroxylation is 1. The Kier molecular flexibility index (Phi) is 4.91. The average molecular weight is 365 g/mol. The molecule has 0 radical (unpaired) electrons. The predicted octanol–water partition coefficient (Wildman–Crippen LogP) is 4.04. The molecular formula is C18H25ClN4O2. The summed E-state index contributed by atoms with van der Waals surface area (Å²) >= 11 is 6.20. The lowest BCUT2D eigenvalue weighted by Crippen LogP contribution is -2.42. The molecule has 0 spiro atoms. The van der Waals surface area contributed by atoms with Gasteiger partial charge in [-0.3, -0.25) is 0 Å². The minimum atomic E-state index is -0.450. The first-order valence-corrected chi connectivity index (χ1v) is 9.06. The van der Waals surface area contributed by atoms with Gasteiger partial charge in [0.2, 0.25) is 0 Å². The summed E-state index contributed by atoms with van der Waals surface area (Å²) in [6.07, 6.45) is 5.29. The Hall–Kier alpha value is -1.82. The maximum Gasteiger partial charge on any atom is 0.410 e. The van der Waals surface area contributed by atoms with Crippen molar-refractivity contribution in [2.24, 2.45) is 5.92 Å². The number of ether oxygens (including phenoxy) is 1. The third kappa shape index (κ3) is 4.06. The summed E-state index contributed by atoms with van der Waals surface area (Å²) < 4.78 is 7.61. The molecule has 0 aromatic carbocycles. The largest absolute Gasteiger partial charge is 0.444 e. The minimum absolute atomic E-state index is 0.215. The van der Waals surface area contributed by atoms with E-state index in [0.717, 1.165) is 49.1 Å². The van der Waals surface area contributed by atoms with Crippen LogP contribution in [0.3, 0.4) is 0 Å². The first-order chi connectivity index (χ1) is 11.7. The monoisotopic (exact) mass is 364 g/mol.